The first-order valence-electron chi connectivity index (χ1n) is 13.5. The molecule has 0 saturated carbocycles. The van der Waals surface area contributed by atoms with Crippen molar-refractivity contribution in [3.05, 3.63) is 95.8 Å². The molecule has 1 fully saturated rings. The van der Waals surface area contributed by atoms with Crippen LogP contribution in [-0.2, 0) is 6.54 Å². The van der Waals surface area contributed by atoms with Gasteiger partial charge in [0.25, 0.3) is 6.43 Å². The van der Waals surface area contributed by atoms with Crippen LogP contribution in [0.3, 0.4) is 0 Å². The first kappa shape index (κ1) is 28.4. The van der Waals surface area contributed by atoms with Crippen LogP contribution in [-0.4, -0.2) is 66.5 Å². The standard InChI is InChI=1S/C32H34F2N6S/c1-22(39-14-16-41(3)17-15-39)40(21-23-4-6-25(7-5-23)30-19-31(32(33)34)38-37-30)28-12-10-24(11-13-28)26-8-9-27(20-35)29(18-26)36-2/h4-13,18,20,32,35-36H,1,3,14-17,19,21H2,2H3. The van der Waals surface area contributed by atoms with Gasteiger partial charge in [-0.05, 0) is 40.5 Å². The summed E-state index contributed by atoms with van der Waals surface area (Å²) in [5.41, 5.74) is 7.19. The quantitative estimate of drug-likeness (QED) is 0.210. The molecule has 2 heterocycles. The van der Waals surface area contributed by atoms with Crippen LogP contribution in [0.5, 0.6) is 0 Å². The monoisotopic (exact) mass is 572 g/mol. The van der Waals surface area contributed by atoms with E-state index in [2.05, 4.69) is 68.1 Å². The number of nitrogens with zero attached hydrogens (tertiary/aromatic N) is 4. The van der Waals surface area contributed by atoms with E-state index in [1.807, 2.05) is 43.4 Å². The van der Waals surface area contributed by atoms with Gasteiger partial charge in [0.15, 0.2) is 0 Å². The van der Waals surface area contributed by atoms with Crippen LogP contribution in [0.2, 0.25) is 0 Å². The van der Waals surface area contributed by atoms with Gasteiger partial charge in [0.05, 0.1) is 5.71 Å². The van der Waals surface area contributed by atoms with E-state index in [1.165, 1.54) is 6.21 Å². The number of rotatable bonds is 10. The summed E-state index contributed by atoms with van der Waals surface area (Å²) < 4.78 is 26.0. The zero-order chi connectivity index (χ0) is 28.9. The third-order valence-corrected chi connectivity index (χ3v) is 9.01. The Hall–Kier alpha value is -4.11. The molecule has 0 aromatic heterocycles. The third kappa shape index (κ3) is 6.46. The molecule has 0 spiro atoms. The first-order chi connectivity index (χ1) is 19.9. The minimum atomic E-state index is -2.58. The highest BCUT2D eigenvalue weighted by atomic mass is 32.2. The molecule has 0 atom stereocenters. The summed E-state index contributed by atoms with van der Waals surface area (Å²) in [6.45, 7) is 6.97. The average Bonchev–Trinajstić information content (AvgIpc) is 3.51. The van der Waals surface area contributed by atoms with Gasteiger partial charge in [0.2, 0.25) is 0 Å². The second-order valence-electron chi connectivity index (χ2n) is 10.1. The summed E-state index contributed by atoms with van der Waals surface area (Å²) >= 11 is 0. The fourth-order valence-corrected chi connectivity index (χ4v) is 6.16. The number of benzene rings is 3. The van der Waals surface area contributed by atoms with Crippen molar-refractivity contribution in [1.29, 1.82) is 5.41 Å². The maximum absolute atomic E-state index is 13.0. The van der Waals surface area contributed by atoms with Crippen molar-refractivity contribution in [1.82, 2.24) is 4.90 Å². The summed E-state index contributed by atoms with van der Waals surface area (Å²) in [6, 6.07) is 22.4. The molecule has 5 rings (SSSR count). The van der Waals surface area contributed by atoms with E-state index in [9.17, 15) is 8.78 Å². The lowest BCUT2D eigenvalue weighted by molar-refractivity contribution is 0.224. The number of anilines is 2. The second kappa shape index (κ2) is 12.6. The average molecular weight is 573 g/mol. The Balaban J connectivity index is 1.38. The predicted molar refractivity (Wildman–Crippen MR) is 172 cm³/mol. The molecule has 2 aliphatic rings. The molecule has 212 valence electrons. The molecule has 6 nitrogen and oxygen atoms in total. The fraction of sp³-hybridized carbons (Fsp3) is 0.250. The summed E-state index contributed by atoms with van der Waals surface area (Å²) in [5.74, 6) is 7.33. The second-order valence-corrected chi connectivity index (χ2v) is 12.1. The number of alkyl halides is 2. The van der Waals surface area contributed by atoms with E-state index < -0.39 is 6.43 Å². The number of halogens is 2. The van der Waals surface area contributed by atoms with Gasteiger partial charge < -0.3 is 20.5 Å². The number of nitrogens with one attached hydrogen (secondary N) is 2. The van der Waals surface area contributed by atoms with E-state index in [0.29, 0.717) is 12.3 Å². The zero-order valence-corrected chi connectivity index (χ0v) is 23.9. The van der Waals surface area contributed by atoms with Crippen molar-refractivity contribution in [2.45, 2.75) is 19.4 Å². The minimum Gasteiger partial charge on any atom is -0.388 e. The van der Waals surface area contributed by atoms with Crippen molar-refractivity contribution in [2.75, 3.05) is 41.9 Å². The Labute approximate surface area is 242 Å². The molecular formula is C32H34F2N6S. The summed E-state index contributed by atoms with van der Waals surface area (Å²) in [6.07, 6.45) is -1.15. The van der Waals surface area contributed by atoms with E-state index in [-0.39, 0.29) is 22.6 Å². The normalized spacial score (nSPS) is 15.5. The van der Waals surface area contributed by atoms with E-state index in [1.54, 1.807) is 0 Å². The summed E-state index contributed by atoms with van der Waals surface area (Å²) in [5, 5.41) is 18.4. The molecule has 2 N–H and O–H groups in total. The maximum Gasteiger partial charge on any atom is 0.278 e. The molecule has 0 radical (unpaired) electrons. The lowest BCUT2D eigenvalue weighted by atomic mass is 10.0. The third-order valence-electron chi connectivity index (χ3n) is 7.49. The molecule has 3 aromatic carbocycles. The largest absolute Gasteiger partial charge is 0.388 e. The molecule has 41 heavy (non-hydrogen) atoms. The smallest absolute Gasteiger partial charge is 0.278 e. The van der Waals surface area contributed by atoms with Gasteiger partial charge in [-0.1, -0.05) is 61.0 Å². The number of hydrogen-bond acceptors (Lipinski definition) is 6. The van der Waals surface area contributed by atoms with Crippen molar-refractivity contribution in [2.24, 2.45) is 10.2 Å². The van der Waals surface area contributed by atoms with Crippen molar-refractivity contribution in [3.8, 4) is 11.1 Å². The maximum atomic E-state index is 13.0. The Kier molecular flexibility index (Phi) is 8.73. The molecule has 3 aromatic rings. The molecule has 9 heteroatoms. The zero-order valence-electron chi connectivity index (χ0n) is 23.1. The summed E-state index contributed by atoms with van der Waals surface area (Å²) in [7, 11) is 2.06. The van der Waals surface area contributed by atoms with Crippen molar-refractivity contribution < 1.29 is 8.78 Å². The fourth-order valence-electron chi connectivity index (χ4n) is 5.00. The van der Waals surface area contributed by atoms with Gasteiger partial charge >= 0.3 is 0 Å². The first-order valence-corrected chi connectivity index (χ1v) is 15.2. The van der Waals surface area contributed by atoms with Crippen molar-refractivity contribution >= 4 is 45.4 Å². The predicted octanol–water partition coefficient (Wildman–Crippen LogP) is 6.70. The van der Waals surface area contributed by atoms with Gasteiger partial charge in [0, 0.05) is 67.8 Å². The Morgan fingerprint density at radius 2 is 1.68 bits per heavy atom. The van der Waals surface area contributed by atoms with Gasteiger partial charge in [-0.15, -0.1) is 0 Å². The Morgan fingerprint density at radius 3 is 2.29 bits per heavy atom. The van der Waals surface area contributed by atoms with Crippen LogP contribution in [0.25, 0.3) is 11.1 Å². The molecule has 0 amide bonds. The Bertz CT molecular complexity index is 1500. The van der Waals surface area contributed by atoms with Crippen molar-refractivity contribution in [3.63, 3.8) is 0 Å². The van der Waals surface area contributed by atoms with Crippen LogP contribution < -0.4 is 10.2 Å². The molecule has 0 unspecified atom stereocenters. The molecule has 0 aliphatic carbocycles. The number of hydrogen-bond donors (Lipinski definition) is 2. The lowest BCUT2D eigenvalue weighted by Gasteiger charge is -2.38. The van der Waals surface area contributed by atoms with Gasteiger partial charge in [-0.2, -0.15) is 20.7 Å². The van der Waals surface area contributed by atoms with Crippen LogP contribution in [0.1, 0.15) is 23.1 Å². The lowest BCUT2D eigenvalue weighted by Crippen LogP contribution is -2.40. The minimum absolute atomic E-state index is 0.0785. The molecular weight excluding hydrogens is 538 g/mol. The van der Waals surface area contributed by atoms with Crippen LogP contribution in [0.15, 0.2) is 89.3 Å². The van der Waals surface area contributed by atoms with Crippen LogP contribution in [0, 0.1) is 5.41 Å². The topological polar surface area (TPSA) is 67.1 Å². The van der Waals surface area contributed by atoms with Crippen LogP contribution >= 0.6 is 10.5 Å². The molecule has 2 aliphatic heterocycles. The highest BCUT2D eigenvalue weighted by molar-refractivity contribution is 8.14. The molecule has 1 saturated heterocycles. The van der Waals surface area contributed by atoms with E-state index in [0.717, 1.165) is 69.6 Å². The van der Waals surface area contributed by atoms with E-state index >= 15 is 0 Å². The SMILES string of the molecule is C=C(N1CCS(=C)CC1)N(Cc1ccc(C2=NN=C(C(F)F)C2)cc1)c1ccc(-c2ccc(C=N)c(NC)c2)cc1. The highest BCUT2D eigenvalue weighted by Crippen LogP contribution is 2.31. The molecule has 0 bridgehead atoms. The Morgan fingerprint density at radius 1 is 1.02 bits per heavy atom. The van der Waals surface area contributed by atoms with Crippen LogP contribution in [0.4, 0.5) is 20.2 Å². The van der Waals surface area contributed by atoms with Gasteiger partial charge in [-0.3, -0.25) is 0 Å². The highest BCUT2D eigenvalue weighted by Gasteiger charge is 2.23. The van der Waals surface area contributed by atoms with Gasteiger partial charge in [-0.25, -0.2) is 8.78 Å². The van der Waals surface area contributed by atoms with E-state index in [4.69, 9.17) is 5.41 Å². The van der Waals surface area contributed by atoms with Gasteiger partial charge in [0.1, 0.15) is 11.5 Å². The summed E-state index contributed by atoms with van der Waals surface area (Å²) in [4.78, 5) is 4.57.